The first-order chi connectivity index (χ1) is 20.4. The van der Waals surface area contributed by atoms with E-state index in [9.17, 15) is 0 Å². The maximum atomic E-state index is 9.17. The molecule has 0 spiro atoms. The summed E-state index contributed by atoms with van der Waals surface area (Å²) in [5, 5.41) is 1.04. The van der Waals surface area contributed by atoms with Crippen LogP contribution in [0.5, 0.6) is 0 Å². The Balaban J connectivity index is 1.98. The van der Waals surface area contributed by atoms with E-state index in [0.717, 1.165) is 0 Å². The van der Waals surface area contributed by atoms with Crippen molar-refractivity contribution in [1.82, 2.24) is 0 Å². The van der Waals surface area contributed by atoms with E-state index >= 15 is 0 Å². The average Bonchev–Trinajstić information content (AvgIpc) is 3.33. The molecule has 33 heavy (non-hydrogen) atoms. The third kappa shape index (κ3) is 3.31. The van der Waals surface area contributed by atoms with Crippen LogP contribution >= 0.6 is 0 Å². The fourth-order valence-electron chi connectivity index (χ4n) is 4.08. The van der Waals surface area contributed by atoms with Gasteiger partial charge in [-0.3, -0.25) is 0 Å². The molecule has 0 radical (unpaired) electrons. The summed E-state index contributed by atoms with van der Waals surface area (Å²) in [7, 11) is 1.64. The van der Waals surface area contributed by atoms with Gasteiger partial charge in [-0.05, 0) is 29.5 Å². The highest BCUT2D eigenvalue weighted by atomic mass is 16.3. The number of nitrogens with zero attached hydrogens (tertiary/aromatic N) is 2. The molecule has 0 bridgehead atoms. The van der Waals surface area contributed by atoms with Crippen LogP contribution in [0.4, 0.5) is 5.69 Å². The normalized spacial score (nSPS) is 18.3. The minimum atomic E-state index is -2.84. The molecule has 0 saturated heterocycles. The molecule has 0 aliphatic rings. The van der Waals surface area contributed by atoms with E-state index in [4.69, 9.17) is 26.1 Å². The van der Waals surface area contributed by atoms with E-state index in [2.05, 4.69) is 4.85 Å². The Hall–Kier alpha value is -3.90. The predicted molar refractivity (Wildman–Crippen MR) is 136 cm³/mol. The first kappa shape index (κ1) is 11.8. The summed E-state index contributed by atoms with van der Waals surface area (Å²) in [4.78, 5) is 3.57. The molecule has 3 heteroatoms. The van der Waals surface area contributed by atoms with E-state index in [1.54, 1.807) is 43.7 Å². The number of aromatic nitrogens is 1. The van der Waals surface area contributed by atoms with Gasteiger partial charge in [-0.15, -0.1) is 0 Å². The van der Waals surface area contributed by atoms with Crippen LogP contribution in [0.25, 0.3) is 49.2 Å². The molecule has 1 atom stereocenters. The second kappa shape index (κ2) is 7.90. The lowest BCUT2D eigenvalue weighted by atomic mass is 9.95. The van der Waals surface area contributed by atoms with E-state index < -0.39 is 43.0 Å². The van der Waals surface area contributed by atoms with Gasteiger partial charge in [-0.2, -0.15) is 4.57 Å². The third-order valence-corrected chi connectivity index (χ3v) is 5.87. The van der Waals surface area contributed by atoms with Crippen molar-refractivity contribution in [1.29, 1.82) is 0 Å². The molecule has 3 nitrogen and oxygen atoms in total. The lowest BCUT2D eigenvalue weighted by Crippen LogP contribution is -2.35. The maximum Gasteiger partial charge on any atom is 0.216 e. The van der Waals surface area contributed by atoms with Gasteiger partial charge in [0.25, 0.3) is 0 Å². The number of benzene rings is 3. The molecule has 162 valence electrons. The highest BCUT2D eigenvalue weighted by Crippen LogP contribution is 2.44. The number of pyridine rings is 1. The van der Waals surface area contributed by atoms with Crippen molar-refractivity contribution in [2.75, 3.05) is 0 Å². The molecule has 0 amide bonds. The average molecular weight is 443 g/mol. The molecule has 1 unspecified atom stereocenters. The summed E-state index contributed by atoms with van der Waals surface area (Å²) in [5.41, 5.74) is 1.54. The van der Waals surface area contributed by atoms with Crippen LogP contribution in [-0.2, 0) is 7.05 Å². The monoisotopic (exact) mass is 442 g/mol. The third-order valence-electron chi connectivity index (χ3n) is 5.87. The Morgan fingerprint density at radius 2 is 1.73 bits per heavy atom. The summed E-state index contributed by atoms with van der Waals surface area (Å²) in [6.45, 7) is 9.51. The van der Waals surface area contributed by atoms with Crippen molar-refractivity contribution in [2.45, 2.75) is 33.5 Å². The largest absolute Gasteiger partial charge is 0.456 e. The summed E-state index contributed by atoms with van der Waals surface area (Å²) < 4.78 is 100. The van der Waals surface area contributed by atoms with Crippen LogP contribution in [0.2, 0.25) is 0 Å². The molecule has 0 aliphatic carbocycles. The Bertz CT molecular complexity index is 2080. The van der Waals surface area contributed by atoms with Crippen molar-refractivity contribution in [3.05, 3.63) is 94.8 Å². The van der Waals surface area contributed by atoms with Gasteiger partial charge in [-0.25, -0.2) is 4.85 Å². The number of hydrogen-bond acceptors (Lipinski definition) is 1. The van der Waals surface area contributed by atoms with Crippen molar-refractivity contribution in [3.63, 3.8) is 0 Å². The standard InChI is InChI=1S/C30H27N2O/c1-18(2)22-16-20(4)32(6)26(17-22)27-19(3)12-13-23-24-14-15-25(31-5)28(30(24)33-29(23)27)21-10-8-7-9-11-21/h7-18H,1-4,6H3/q+1/i1D3,7D,8D,9D,10D,11D,16D,17D,18D. The second-order valence-corrected chi connectivity index (χ2v) is 7.93. The van der Waals surface area contributed by atoms with Crippen molar-refractivity contribution < 1.29 is 24.1 Å². The summed E-state index contributed by atoms with van der Waals surface area (Å²) >= 11 is 0. The molecule has 0 fully saturated rings. The van der Waals surface area contributed by atoms with Crippen LogP contribution in [-0.4, -0.2) is 0 Å². The number of fused-ring (bicyclic) bond motifs is 3. The number of hydrogen-bond donors (Lipinski definition) is 0. The Labute approximate surface area is 210 Å². The first-order valence-corrected chi connectivity index (χ1v) is 10.3. The Kier molecular flexibility index (Phi) is 2.83. The minimum absolute atomic E-state index is 0.0134. The lowest BCUT2D eigenvalue weighted by Gasteiger charge is -2.11. The van der Waals surface area contributed by atoms with Crippen LogP contribution in [0.1, 0.15) is 51.6 Å². The topological polar surface area (TPSA) is 21.4 Å². The van der Waals surface area contributed by atoms with E-state index in [1.165, 1.54) is 13.0 Å². The van der Waals surface area contributed by atoms with Gasteiger partial charge >= 0.3 is 0 Å². The van der Waals surface area contributed by atoms with E-state index in [0.29, 0.717) is 27.6 Å². The molecule has 2 heterocycles. The minimum Gasteiger partial charge on any atom is -0.456 e. The van der Waals surface area contributed by atoms with Crippen molar-refractivity contribution >= 4 is 27.6 Å². The molecular formula is C30H27N2O+. The maximum absolute atomic E-state index is 9.17. The van der Waals surface area contributed by atoms with Gasteiger partial charge in [0.05, 0.1) is 21.7 Å². The SMILES string of the molecule is [2H]c1c([2H])c([2H])c(-c2c([N+]#[C-])ccc3c2oc2c(-c4c([2H])c(C([2H])(C)C([2H])([2H])[2H])c([2H])c(C)[n+]4C)c(C)ccc23)c([2H])c1[2H]. The quantitative estimate of drug-likeness (QED) is 0.205. The molecule has 5 aromatic rings. The molecular weight excluding hydrogens is 404 g/mol. The van der Waals surface area contributed by atoms with Gasteiger partial charge < -0.3 is 4.42 Å². The molecule has 2 aromatic heterocycles. The summed E-state index contributed by atoms with van der Waals surface area (Å²) in [5.74, 6) is -2.27. The first-order valence-electron chi connectivity index (χ1n) is 15.8. The van der Waals surface area contributed by atoms with Gasteiger partial charge in [0.15, 0.2) is 11.4 Å². The van der Waals surface area contributed by atoms with Crippen LogP contribution in [0.15, 0.2) is 71.0 Å². The number of rotatable bonds is 3. The smallest absolute Gasteiger partial charge is 0.216 e. The van der Waals surface area contributed by atoms with Crippen LogP contribution in [0, 0.1) is 20.4 Å². The van der Waals surface area contributed by atoms with E-state index in [1.807, 2.05) is 0 Å². The van der Waals surface area contributed by atoms with Gasteiger partial charge in [0.2, 0.25) is 5.69 Å². The van der Waals surface area contributed by atoms with Gasteiger partial charge in [0.1, 0.15) is 18.2 Å². The molecule has 0 N–H and O–H groups in total. The Morgan fingerprint density at radius 1 is 1.03 bits per heavy atom. The zero-order chi connectivity index (χ0) is 32.8. The molecule has 3 aromatic carbocycles. The molecule has 0 aliphatic heterocycles. The number of furan rings is 1. The van der Waals surface area contributed by atoms with Crippen molar-refractivity contribution in [2.24, 2.45) is 7.05 Å². The van der Waals surface area contributed by atoms with Crippen LogP contribution in [0.3, 0.4) is 0 Å². The Morgan fingerprint density at radius 3 is 2.42 bits per heavy atom. The fraction of sp³-hybridized carbons (Fsp3) is 0.200. The fourth-order valence-corrected chi connectivity index (χ4v) is 4.08. The van der Waals surface area contributed by atoms with Gasteiger partial charge in [-0.1, -0.05) is 68.3 Å². The summed E-state index contributed by atoms with van der Waals surface area (Å²) in [6.07, 6.45) is 0. The second-order valence-electron chi connectivity index (χ2n) is 7.93. The molecule has 0 saturated carbocycles. The zero-order valence-corrected chi connectivity index (χ0v) is 18.6. The highest BCUT2D eigenvalue weighted by Gasteiger charge is 2.24. The molecule has 5 rings (SSSR count). The zero-order valence-electron chi connectivity index (χ0n) is 29.6. The van der Waals surface area contributed by atoms with Crippen LogP contribution < -0.4 is 4.57 Å². The van der Waals surface area contributed by atoms with E-state index in [-0.39, 0.29) is 51.3 Å². The summed E-state index contributed by atoms with van der Waals surface area (Å²) in [6, 6.07) is 3.49. The van der Waals surface area contributed by atoms with Crippen molar-refractivity contribution in [3.8, 4) is 22.4 Å². The van der Waals surface area contributed by atoms with Gasteiger partial charge in [0, 0.05) is 40.8 Å². The highest BCUT2D eigenvalue weighted by molar-refractivity contribution is 6.15. The lowest BCUT2D eigenvalue weighted by molar-refractivity contribution is -0.666. The number of aryl methyl sites for hydroxylation is 1. The predicted octanol–water partition coefficient (Wildman–Crippen LogP) is 8.04.